The summed E-state index contributed by atoms with van der Waals surface area (Å²) in [5.74, 6) is -1.75. The van der Waals surface area contributed by atoms with Gasteiger partial charge in [-0.2, -0.15) is 0 Å². The van der Waals surface area contributed by atoms with E-state index >= 15 is 0 Å². The van der Waals surface area contributed by atoms with Crippen molar-refractivity contribution in [1.29, 1.82) is 0 Å². The molecule has 0 heterocycles. The SMILES string of the molecule is COC(=O)[C@@H](Cc1ccc(F)cc1)NC(=O)Cc1ccc(F)cc1. The third-order valence-corrected chi connectivity index (χ3v) is 3.45. The van der Waals surface area contributed by atoms with Crippen LogP contribution in [-0.4, -0.2) is 25.0 Å². The van der Waals surface area contributed by atoms with Crippen LogP contribution in [0.4, 0.5) is 8.78 Å². The van der Waals surface area contributed by atoms with E-state index in [9.17, 15) is 18.4 Å². The summed E-state index contributed by atoms with van der Waals surface area (Å²) in [6.45, 7) is 0. The number of nitrogens with one attached hydrogen (secondary N) is 1. The van der Waals surface area contributed by atoms with Gasteiger partial charge in [0.1, 0.15) is 17.7 Å². The number of methoxy groups -OCH3 is 1. The molecule has 24 heavy (non-hydrogen) atoms. The molecule has 2 aromatic rings. The predicted molar refractivity (Wildman–Crippen MR) is 84.2 cm³/mol. The third kappa shape index (κ3) is 5.15. The Morgan fingerprint density at radius 3 is 1.96 bits per heavy atom. The molecule has 0 aliphatic rings. The minimum atomic E-state index is -0.881. The highest BCUT2D eigenvalue weighted by Crippen LogP contribution is 2.08. The monoisotopic (exact) mass is 333 g/mol. The second-order valence-electron chi connectivity index (χ2n) is 5.28. The van der Waals surface area contributed by atoms with Crippen molar-refractivity contribution >= 4 is 11.9 Å². The van der Waals surface area contributed by atoms with E-state index in [4.69, 9.17) is 4.74 Å². The van der Waals surface area contributed by atoms with Gasteiger partial charge in [0.05, 0.1) is 13.5 Å². The molecule has 0 aliphatic heterocycles. The molecule has 4 nitrogen and oxygen atoms in total. The maximum Gasteiger partial charge on any atom is 0.328 e. The van der Waals surface area contributed by atoms with Gasteiger partial charge in [-0.15, -0.1) is 0 Å². The molecule has 0 radical (unpaired) electrons. The number of amides is 1. The zero-order valence-corrected chi connectivity index (χ0v) is 13.1. The quantitative estimate of drug-likeness (QED) is 0.826. The van der Waals surface area contributed by atoms with Crippen LogP contribution < -0.4 is 5.32 Å². The molecule has 0 aromatic heterocycles. The lowest BCUT2D eigenvalue weighted by Crippen LogP contribution is -2.43. The summed E-state index contributed by atoms with van der Waals surface area (Å²) in [7, 11) is 1.23. The van der Waals surface area contributed by atoms with Crippen molar-refractivity contribution in [3.05, 3.63) is 71.3 Å². The van der Waals surface area contributed by atoms with Gasteiger partial charge in [-0.25, -0.2) is 13.6 Å². The second kappa shape index (κ2) is 8.19. The fourth-order valence-electron chi connectivity index (χ4n) is 2.22. The van der Waals surface area contributed by atoms with Crippen LogP contribution >= 0.6 is 0 Å². The van der Waals surface area contributed by atoms with E-state index in [2.05, 4.69) is 5.32 Å². The maximum atomic E-state index is 12.9. The number of rotatable bonds is 6. The lowest BCUT2D eigenvalue weighted by Gasteiger charge is -2.16. The van der Waals surface area contributed by atoms with Crippen molar-refractivity contribution < 1.29 is 23.1 Å². The Hall–Kier alpha value is -2.76. The fraction of sp³-hybridized carbons (Fsp3) is 0.222. The Morgan fingerprint density at radius 2 is 1.46 bits per heavy atom. The van der Waals surface area contributed by atoms with Gasteiger partial charge in [-0.05, 0) is 35.4 Å². The van der Waals surface area contributed by atoms with Crippen LogP contribution in [0.3, 0.4) is 0 Å². The van der Waals surface area contributed by atoms with Gasteiger partial charge < -0.3 is 10.1 Å². The van der Waals surface area contributed by atoms with Gasteiger partial charge in [-0.3, -0.25) is 4.79 Å². The zero-order chi connectivity index (χ0) is 17.5. The fourth-order valence-corrected chi connectivity index (χ4v) is 2.22. The standard InChI is InChI=1S/C18H17F2NO3/c1-24-18(23)16(10-12-2-6-14(19)7-3-12)21-17(22)11-13-4-8-15(20)9-5-13/h2-9,16H,10-11H2,1H3,(H,21,22)/t16-/m1/s1. The van der Waals surface area contributed by atoms with Crippen LogP contribution in [0.2, 0.25) is 0 Å². The van der Waals surface area contributed by atoms with Crippen LogP contribution in [-0.2, 0) is 27.2 Å². The number of ether oxygens (including phenoxy) is 1. The molecular formula is C18H17F2NO3. The summed E-state index contributed by atoms with van der Waals surface area (Å²) in [4.78, 5) is 24.0. The molecule has 0 fully saturated rings. The molecule has 0 unspecified atom stereocenters. The van der Waals surface area contributed by atoms with E-state index in [0.29, 0.717) is 11.1 Å². The molecule has 2 rings (SSSR count). The predicted octanol–water partition coefficient (Wildman–Crippen LogP) is 2.41. The summed E-state index contributed by atoms with van der Waals surface area (Å²) >= 11 is 0. The first-order valence-corrected chi connectivity index (χ1v) is 7.34. The lowest BCUT2D eigenvalue weighted by molar-refractivity contribution is -0.145. The molecule has 2 aromatic carbocycles. The molecular weight excluding hydrogens is 316 g/mol. The van der Waals surface area contributed by atoms with Crippen LogP contribution in [0, 0.1) is 11.6 Å². The molecule has 0 saturated heterocycles. The van der Waals surface area contributed by atoms with E-state index in [-0.39, 0.29) is 30.4 Å². The van der Waals surface area contributed by atoms with E-state index in [1.807, 2.05) is 0 Å². The Labute approximate surface area is 138 Å². The number of hydrogen-bond acceptors (Lipinski definition) is 3. The van der Waals surface area contributed by atoms with Crippen molar-refractivity contribution in [2.75, 3.05) is 7.11 Å². The number of benzene rings is 2. The summed E-state index contributed by atoms with van der Waals surface area (Å²) < 4.78 is 30.5. The second-order valence-corrected chi connectivity index (χ2v) is 5.28. The highest BCUT2D eigenvalue weighted by Gasteiger charge is 2.22. The van der Waals surface area contributed by atoms with Gasteiger partial charge in [0, 0.05) is 6.42 Å². The lowest BCUT2D eigenvalue weighted by atomic mass is 10.1. The maximum absolute atomic E-state index is 12.9. The molecule has 1 N–H and O–H groups in total. The van der Waals surface area contributed by atoms with E-state index < -0.39 is 12.0 Å². The molecule has 126 valence electrons. The molecule has 0 spiro atoms. The molecule has 0 bridgehead atoms. The minimum Gasteiger partial charge on any atom is -0.467 e. The first kappa shape index (κ1) is 17.6. The average Bonchev–Trinajstić information content (AvgIpc) is 2.57. The van der Waals surface area contributed by atoms with Gasteiger partial charge >= 0.3 is 5.97 Å². The summed E-state index contributed by atoms with van der Waals surface area (Å²) in [5.41, 5.74) is 1.31. The number of esters is 1. The highest BCUT2D eigenvalue weighted by atomic mass is 19.1. The van der Waals surface area contributed by atoms with Gasteiger partial charge in [0.15, 0.2) is 0 Å². The van der Waals surface area contributed by atoms with Crippen molar-refractivity contribution in [2.45, 2.75) is 18.9 Å². The molecule has 0 aliphatic carbocycles. The van der Waals surface area contributed by atoms with Crippen molar-refractivity contribution in [3.8, 4) is 0 Å². The Morgan fingerprint density at radius 1 is 0.958 bits per heavy atom. The van der Waals surface area contributed by atoms with Gasteiger partial charge in [0.25, 0.3) is 0 Å². The number of carbonyl (C=O) groups is 2. The minimum absolute atomic E-state index is 0.0111. The molecule has 0 saturated carbocycles. The van der Waals surface area contributed by atoms with E-state index in [1.165, 1.54) is 55.6 Å². The third-order valence-electron chi connectivity index (χ3n) is 3.45. The van der Waals surface area contributed by atoms with Crippen LogP contribution in [0.5, 0.6) is 0 Å². The normalized spacial score (nSPS) is 11.6. The largest absolute Gasteiger partial charge is 0.467 e. The Kier molecular flexibility index (Phi) is 6.01. The van der Waals surface area contributed by atoms with E-state index in [0.717, 1.165) is 0 Å². The van der Waals surface area contributed by atoms with Gasteiger partial charge in [-0.1, -0.05) is 24.3 Å². The number of carbonyl (C=O) groups excluding carboxylic acids is 2. The Bertz CT molecular complexity index is 699. The molecule has 1 atom stereocenters. The van der Waals surface area contributed by atoms with E-state index in [1.54, 1.807) is 0 Å². The average molecular weight is 333 g/mol. The Balaban J connectivity index is 2.02. The molecule has 6 heteroatoms. The van der Waals surface area contributed by atoms with Crippen LogP contribution in [0.25, 0.3) is 0 Å². The number of hydrogen-bond donors (Lipinski definition) is 1. The van der Waals surface area contributed by atoms with Crippen molar-refractivity contribution in [3.63, 3.8) is 0 Å². The summed E-state index contributed by atoms with van der Waals surface area (Å²) in [6, 6.07) is 10.3. The van der Waals surface area contributed by atoms with Crippen molar-refractivity contribution in [2.24, 2.45) is 0 Å². The van der Waals surface area contributed by atoms with Gasteiger partial charge in [0.2, 0.25) is 5.91 Å². The van der Waals surface area contributed by atoms with Crippen LogP contribution in [0.1, 0.15) is 11.1 Å². The highest BCUT2D eigenvalue weighted by molar-refractivity contribution is 5.85. The summed E-state index contributed by atoms with van der Waals surface area (Å²) in [5, 5.41) is 2.59. The van der Waals surface area contributed by atoms with Crippen molar-refractivity contribution in [1.82, 2.24) is 5.32 Å². The molecule has 1 amide bonds. The summed E-state index contributed by atoms with van der Waals surface area (Å²) in [6.07, 6.45) is 0.194. The van der Waals surface area contributed by atoms with Crippen LogP contribution in [0.15, 0.2) is 48.5 Å². The first-order valence-electron chi connectivity index (χ1n) is 7.34. The smallest absolute Gasteiger partial charge is 0.328 e. The first-order chi connectivity index (χ1) is 11.5. The zero-order valence-electron chi connectivity index (χ0n) is 13.1. The number of halogens is 2. The topological polar surface area (TPSA) is 55.4 Å².